The van der Waals surface area contributed by atoms with Gasteiger partial charge in [0.2, 0.25) is 0 Å². The predicted octanol–water partition coefficient (Wildman–Crippen LogP) is 2.54. The number of phenolic OH excluding ortho intramolecular Hbond substituents is 2. The zero-order valence-electron chi connectivity index (χ0n) is 11.8. The fourth-order valence-electron chi connectivity index (χ4n) is 1.97. The Morgan fingerprint density at radius 1 is 1.00 bits per heavy atom. The summed E-state index contributed by atoms with van der Waals surface area (Å²) in [6, 6.07) is 9.52. The molecule has 0 aliphatic carbocycles. The molecule has 0 spiro atoms. The van der Waals surface area contributed by atoms with Crippen LogP contribution < -0.4 is 9.47 Å². The Bertz CT molecular complexity index is 646. The van der Waals surface area contributed by atoms with E-state index in [1.54, 1.807) is 31.4 Å². The monoisotopic (exact) mass is 288 g/mol. The van der Waals surface area contributed by atoms with Gasteiger partial charge in [-0.1, -0.05) is 12.1 Å². The Balaban J connectivity index is 2.23. The van der Waals surface area contributed by atoms with Gasteiger partial charge in [-0.3, -0.25) is 4.79 Å². The lowest BCUT2D eigenvalue weighted by Crippen LogP contribution is -2.04. The Hall–Kier alpha value is -2.69. The molecule has 0 saturated heterocycles. The molecule has 0 radical (unpaired) electrons. The topological polar surface area (TPSA) is 76.0 Å². The van der Waals surface area contributed by atoms with Gasteiger partial charge < -0.3 is 19.7 Å². The lowest BCUT2D eigenvalue weighted by Gasteiger charge is -2.09. The van der Waals surface area contributed by atoms with Crippen molar-refractivity contribution in [2.75, 3.05) is 14.2 Å². The van der Waals surface area contributed by atoms with Crippen molar-refractivity contribution in [3.05, 3.63) is 47.5 Å². The number of aromatic hydroxyl groups is 2. The average Bonchev–Trinajstić information content (AvgIpc) is 2.48. The molecule has 0 aliphatic rings. The molecule has 110 valence electrons. The first-order valence-electron chi connectivity index (χ1n) is 6.31. The average molecular weight is 288 g/mol. The Labute approximate surface area is 122 Å². The van der Waals surface area contributed by atoms with Crippen LogP contribution in [0.2, 0.25) is 0 Å². The van der Waals surface area contributed by atoms with Crippen molar-refractivity contribution in [2.45, 2.75) is 6.42 Å². The van der Waals surface area contributed by atoms with Gasteiger partial charge in [0.25, 0.3) is 0 Å². The number of carbonyl (C=O) groups is 1. The number of hydrogen-bond acceptors (Lipinski definition) is 5. The van der Waals surface area contributed by atoms with E-state index in [1.807, 2.05) is 0 Å². The largest absolute Gasteiger partial charge is 0.507 e. The fourth-order valence-corrected chi connectivity index (χ4v) is 1.97. The highest BCUT2D eigenvalue weighted by atomic mass is 16.5. The van der Waals surface area contributed by atoms with E-state index in [0.717, 1.165) is 11.6 Å². The van der Waals surface area contributed by atoms with Crippen molar-refractivity contribution in [1.29, 1.82) is 0 Å². The Kier molecular flexibility index (Phi) is 4.33. The molecule has 0 saturated carbocycles. The molecule has 0 aliphatic heterocycles. The summed E-state index contributed by atoms with van der Waals surface area (Å²) in [5, 5.41) is 19.3. The van der Waals surface area contributed by atoms with E-state index in [1.165, 1.54) is 13.2 Å². The standard InChI is InChI=1S/C16H16O5/c1-20-11-5-3-10(4-6-11)7-13(17)12-8-16(21-2)15(19)9-14(12)18/h3-6,8-9,18-19H,7H2,1-2H3. The van der Waals surface area contributed by atoms with Gasteiger partial charge in [-0.25, -0.2) is 0 Å². The zero-order valence-corrected chi connectivity index (χ0v) is 11.8. The van der Waals surface area contributed by atoms with Crippen LogP contribution in [0.1, 0.15) is 15.9 Å². The molecule has 2 aromatic carbocycles. The minimum atomic E-state index is -0.271. The third kappa shape index (κ3) is 3.25. The van der Waals surface area contributed by atoms with Crippen LogP contribution in [0.15, 0.2) is 36.4 Å². The zero-order chi connectivity index (χ0) is 15.4. The van der Waals surface area contributed by atoms with E-state index in [4.69, 9.17) is 9.47 Å². The summed E-state index contributed by atoms with van der Waals surface area (Å²) in [6.45, 7) is 0. The minimum absolute atomic E-state index is 0.112. The number of carbonyl (C=O) groups excluding carboxylic acids is 1. The third-order valence-electron chi connectivity index (χ3n) is 3.12. The summed E-state index contributed by atoms with van der Waals surface area (Å²) in [6.07, 6.45) is 0.130. The van der Waals surface area contributed by atoms with Crippen LogP contribution in [0, 0.1) is 0 Å². The maximum atomic E-state index is 12.2. The summed E-state index contributed by atoms with van der Waals surface area (Å²) < 4.78 is 9.99. The summed E-state index contributed by atoms with van der Waals surface area (Å²) in [5.74, 6) is 0.102. The van der Waals surface area contributed by atoms with Crippen LogP contribution in [0.5, 0.6) is 23.0 Å². The van der Waals surface area contributed by atoms with Crippen molar-refractivity contribution in [2.24, 2.45) is 0 Å². The molecular formula is C16H16O5. The van der Waals surface area contributed by atoms with E-state index in [9.17, 15) is 15.0 Å². The molecule has 0 fully saturated rings. The maximum Gasteiger partial charge on any atom is 0.171 e. The number of benzene rings is 2. The molecule has 0 bridgehead atoms. The number of phenols is 2. The lowest BCUT2D eigenvalue weighted by molar-refractivity contribution is 0.0990. The summed E-state index contributed by atoms with van der Waals surface area (Å²) >= 11 is 0. The molecule has 0 aromatic heterocycles. The van der Waals surface area contributed by atoms with Crippen molar-refractivity contribution < 1.29 is 24.5 Å². The summed E-state index contributed by atoms with van der Waals surface area (Å²) in [7, 11) is 2.95. The molecule has 0 atom stereocenters. The highest BCUT2D eigenvalue weighted by molar-refractivity contribution is 6.00. The number of hydrogen-bond donors (Lipinski definition) is 2. The maximum absolute atomic E-state index is 12.2. The molecule has 0 unspecified atom stereocenters. The van der Waals surface area contributed by atoms with E-state index < -0.39 is 0 Å². The Morgan fingerprint density at radius 3 is 2.24 bits per heavy atom. The van der Waals surface area contributed by atoms with Crippen LogP contribution in [0.3, 0.4) is 0 Å². The van der Waals surface area contributed by atoms with Gasteiger partial charge in [0, 0.05) is 12.5 Å². The first kappa shape index (κ1) is 14.7. The quantitative estimate of drug-likeness (QED) is 0.827. The van der Waals surface area contributed by atoms with Crippen molar-refractivity contribution in [3.8, 4) is 23.0 Å². The molecule has 2 N–H and O–H groups in total. The van der Waals surface area contributed by atoms with Crippen molar-refractivity contribution in [3.63, 3.8) is 0 Å². The SMILES string of the molecule is COc1ccc(CC(=O)c2cc(OC)c(O)cc2O)cc1. The highest BCUT2D eigenvalue weighted by Gasteiger charge is 2.16. The number of ether oxygens (including phenoxy) is 2. The minimum Gasteiger partial charge on any atom is -0.507 e. The molecule has 2 aromatic rings. The smallest absolute Gasteiger partial charge is 0.171 e. The third-order valence-corrected chi connectivity index (χ3v) is 3.12. The predicted molar refractivity (Wildman–Crippen MR) is 77.4 cm³/mol. The number of rotatable bonds is 5. The van der Waals surface area contributed by atoms with Gasteiger partial charge >= 0.3 is 0 Å². The molecule has 0 heterocycles. The number of Topliss-reactive ketones (excluding diaryl/α,β-unsaturated/α-hetero) is 1. The first-order valence-corrected chi connectivity index (χ1v) is 6.31. The van der Waals surface area contributed by atoms with Gasteiger partial charge in [-0.2, -0.15) is 0 Å². The molecule has 0 amide bonds. The first-order chi connectivity index (χ1) is 10.0. The fraction of sp³-hybridized carbons (Fsp3) is 0.188. The lowest BCUT2D eigenvalue weighted by atomic mass is 10.0. The highest BCUT2D eigenvalue weighted by Crippen LogP contribution is 2.33. The molecule has 21 heavy (non-hydrogen) atoms. The molecule has 5 nitrogen and oxygen atoms in total. The Morgan fingerprint density at radius 2 is 1.67 bits per heavy atom. The van der Waals surface area contributed by atoms with Crippen molar-refractivity contribution >= 4 is 5.78 Å². The number of ketones is 1. The molecular weight excluding hydrogens is 272 g/mol. The van der Waals surface area contributed by atoms with E-state index in [2.05, 4.69) is 0 Å². The molecule has 5 heteroatoms. The van der Waals surface area contributed by atoms with Gasteiger partial charge in [0.05, 0.1) is 19.8 Å². The van der Waals surface area contributed by atoms with E-state index in [0.29, 0.717) is 5.75 Å². The summed E-state index contributed by atoms with van der Waals surface area (Å²) in [5.41, 5.74) is 0.910. The van der Waals surface area contributed by atoms with Gasteiger partial charge in [0.1, 0.15) is 11.5 Å². The van der Waals surface area contributed by atoms with Crippen LogP contribution in [-0.2, 0) is 6.42 Å². The molecule has 2 rings (SSSR count). The van der Waals surface area contributed by atoms with Crippen LogP contribution in [0.25, 0.3) is 0 Å². The number of methoxy groups -OCH3 is 2. The van der Waals surface area contributed by atoms with Crippen LogP contribution in [-0.4, -0.2) is 30.2 Å². The van der Waals surface area contributed by atoms with E-state index in [-0.39, 0.29) is 35.0 Å². The second kappa shape index (κ2) is 6.17. The second-order valence-corrected chi connectivity index (χ2v) is 4.49. The van der Waals surface area contributed by atoms with Crippen molar-refractivity contribution in [1.82, 2.24) is 0 Å². The van der Waals surface area contributed by atoms with Gasteiger partial charge in [-0.05, 0) is 23.8 Å². The van der Waals surface area contributed by atoms with E-state index >= 15 is 0 Å². The normalized spacial score (nSPS) is 10.2. The van der Waals surface area contributed by atoms with Gasteiger partial charge in [0.15, 0.2) is 17.3 Å². The van der Waals surface area contributed by atoms with Crippen LogP contribution in [0.4, 0.5) is 0 Å². The van der Waals surface area contributed by atoms with Crippen LogP contribution >= 0.6 is 0 Å². The summed E-state index contributed by atoms with van der Waals surface area (Å²) in [4.78, 5) is 12.2. The second-order valence-electron chi connectivity index (χ2n) is 4.49. The van der Waals surface area contributed by atoms with Gasteiger partial charge in [-0.15, -0.1) is 0 Å².